The minimum absolute atomic E-state index is 0.121. The Kier molecular flexibility index (Phi) is 7.70. The van der Waals surface area contributed by atoms with Crippen molar-refractivity contribution in [2.24, 2.45) is 0 Å². The maximum Gasteiger partial charge on any atom is 0.230 e. The van der Waals surface area contributed by atoms with E-state index in [4.69, 9.17) is 0 Å². The van der Waals surface area contributed by atoms with Gasteiger partial charge in [0.25, 0.3) is 0 Å². The smallest absolute Gasteiger partial charge is 0.230 e. The Bertz CT molecular complexity index is 419. The number of hydrogen-bond acceptors (Lipinski definition) is 3. The first-order valence-electron chi connectivity index (χ1n) is 7.30. The predicted molar refractivity (Wildman–Crippen MR) is 87.2 cm³/mol. The van der Waals surface area contributed by atoms with Crippen molar-refractivity contribution in [1.29, 1.82) is 0 Å². The van der Waals surface area contributed by atoms with Crippen molar-refractivity contribution in [3.05, 3.63) is 29.8 Å². The van der Waals surface area contributed by atoms with E-state index in [0.717, 1.165) is 17.7 Å². The Balaban J connectivity index is 2.51. The molecule has 0 fully saturated rings. The third-order valence-corrected chi connectivity index (χ3v) is 4.51. The van der Waals surface area contributed by atoms with Crippen LogP contribution in [-0.2, 0) is 4.79 Å². The Hall–Kier alpha value is -1.00. The van der Waals surface area contributed by atoms with Crippen molar-refractivity contribution >= 4 is 17.7 Å². The summed E-state index contributed by atoms with van der Waals surface area (Å²) in [7, 11) is 1.95. The van der Waals surface area contributed by atoms with Crippen LogP contribution >= 0.6 is 11.8 Å². The lowest BCUT2D eigenvalue weighted by Crippen LogP contribution is -2.34. The summed E-state index contributed by atoms with van der Waals surface area (Å²) in [6.45, 7) is 6.33. The molecule has 112 valence electrons. The van der Waals surface area contributed by atoms with Gasteiger partial charge in [0.1, 0.15) is 0 Å². The average molecular weight is 294 g/mol. The van der Waals surface area contributed by atoms with Crippen molar-refractivity contribution in [2.75, 3.05) is 12.8 Å². The maximum absolute atomic E-state index is 11.9. The quantitative estimate of drug-likeness (QED) is 0.722. The summed E-state index contributed by atoms with van der Waals surface area (Å²) in [5, 5.41) is 6.29. The first-order valence-corrected chi connectivity index (χ1v) is 8.28. The monoisotopic (exact) mass is 294 g/mol. The van der Waals surface area contributed by atoms with E-state index >= 15 is 0 Å². The Labute approximate surface area is 126 Å². The number of amides is 1. The molecule has 0 aliphatic carbocycles. The van der Waals surface area contributed by atoms with Crippen LogP contribution in [0.2, 0.25) is 0 Å². The number of benzene rings is 1. The van der Waals surface area contributed by atoms with Crippen molar-refractivity contribution in [2.45, 2.75) is 50.6 Å². The van der Waals surface area contributed by atoms with Crippen molar-refractivity contribution in [1.82, 2.24) is 10.6 Å². The van der Waals surface area contributed by atoms with Crippen LogP contribution in [0.25, 0.3) is 0 Å². The summed E-state index contributed by atoms with van der Waals surface area (Å²) in [5.41, 5.74) is 1.25. The Morgan fingerprint density at radius 2 is 2.00 bits per heavy atom. The molecule has 0 aromatic heterocycles. The van der Waals surface area contributed by atoms with Crippen LogP contribution in [0.3, 0.4) is 0 Å². The number of thioether (sulfide) groups is 1. The summed E-state index contributed by atoms with van der Waals surface area (Å²) >= 11 is 1.59. The van der Waals surface area contributed by atoms with Crippen LogP contribution in [0, 0.1) is 0 Å². The van der Waals surface area contributed by atoms with Crippen molar-refractivity contribution in [3.63, 3.8) is 0 Å². The summed E-state index contributed by atoms with van der Waals surface area (Å²) in [5.74, 6) is 0.601. The zero-order chi connectivity index (χ0) is 15.0. The second kappa shape index (κ2) is 9.03. The summed E-state index contributed by atoms with van der Waals surface area (Å²) < 4.78 is 0. The van der Waals surface area contributed by atoms with Gasteiger partial charge in [-0.05, 0) is 44.5 Å². The summed E-state index contributed by atoms with van der Waals surface area (Å²) in [6.07, 6.45) is 1.98. The molecular weight excluding hydrogens is 268 g/mol. The molecule has 0 heterocycles. The molecule has 2 N–H and O–H groups in total. The maximum atomic E-state index is 11.9. The lowest BCUT2D eigenvalue weighted by atomic mass is 10.1. The highest BCUT2D eigenvalue weighted by Gasteiger charge is 2.09. The van der Waals surface area contributed by atoms with Gasteiger partial charge in [-0.2, -0.15) is 0 Å². The number of hydrogen-bond donors (Lipinski definition) is 2. The molecule has 0 aliphatic heterocycles. The van der Waals surface area contributed by atoms with E-state index in [0.29, 0.717) is 17.8 Å². The standard InChI is InChI=1S/C16H26N2OS/c1-5-14(6-2)18-16(19)11-20-15-9-7-8-13(10-15)12(3)17-4/h7-10,12,14,17H,5-6,11H2,1-4H3,(H,18,19). The topological polar surface area (TPSA) is 41.1 Å². The number of rotatable bonds is 8. The molecule has 1 atom stereocenters. The second-order valence-corrected chi connectivity index (χ2v) is 6.00. The minimum Gasteiger partial charge on any atom is -0.353 e. The summed E-state index contributed by atoms with van der Waals surface area (Å²) in [6, 6.07) is 8.99. The summed E-state index contributed by atoms with van der Waals surface area (Å²) in [4.78, 5) is 13.0. The van der Waals surface area contributed by atoms with Gasteiger partial charge in [-0.15, -0.1) is 11.8 Å². The molecule has 0 spiro atoms. The molecule has 1 amide bonds. The zero-order valence-electron chi connectivity index (χ0n) is 12.9. The molecule has 0 saturated carbocycles. The molecule has 1 unspecified atom stereocenters. The first kappa shape index (κ1) is 17.1. The largest absolute Gasteiger partial charge is 0.353 e. The molecular formula is C16H26N2OS. The first-order chi connectivity index (χ1) is 9.60. The van der Waals surface area contributed by atoms with E-state index in [1.165, 1.54) is 5.56 Å². The molecule has 1 aromatic carbocycles. The van der Waals surface area contributed by atoms with E-state index in [1.54, 1.807) is 11.8 Å². The van der Waals surface area contributed by atoms with Crippen LogP contribution in [0.5, 0.6) is 0 Å². The van der Waals surface area contributed by atoms with E-state index in [2.05, 4.69) is 49.6 Å². The Morgan fingerprint density at radius 1 is 1.30 bits per heavy atom. The molecule has 0 bridgehead atoms. The van der Waals surface area contributed by atoms with E-state index in [9.17, 15) is 4.79 Å². The highest BCUT2D eigenvalue weighted by molar-refractivity contribution is 8.00. The highest BCUT2D eigenvalue weighted by Crippen LogP contribution is 2.22. The van der Waals surface area contributed by atoms with Gasteiger partial charge < -0.3 is 10.6 Å². The van der Waals surface area contributed by atoms with Crippen LogP contribution in [0.4, 0.5) is 0 Å². The Morgan fingerprint density at radius 3 is 2.60 bits per heavy atom. The highest BCUT2D eigenvalue weighted by atomic mass is 32.2. The molecule has 4 heteroatoms. The van der Waals surface area contributed by atoms with Crippen LogP contribution in [0.15, 0.2) is 29.2 Å². The average Bonchev–Trinajstić information content (AvgIpc) is 2.50. The normalized spacial score (nSPS) is 12.4. The minimum atomic E-state index is 0.121. The second-order valence-electron chi connectivity index (χ2n) is 4.95. The molecule has 0 saturated heterocycles. The third-order valence-electron chi connectivity index (χ3n) is 3.51. The fraction of sp³-hybridized carbons (Fsp3) is 0.562. The molecule has 0 aliphatic rings. The van der Waals surface area contributed by atoms with Gasteiger partial charge in [0.15, 0.2) is 0 Å². The van der Waals surface area contributed by atoms with E-state index in [1.807, 2.05) is 13.1 Å². The third kappa shape index (κ3) is 5.55. The zero-order valence-corrected chi connectivity index (χ0v) is 13.7. The molecule has 20 heavy (non-hydrogen) atoms. The number of carbonyl (C=O) groups is 1. The number of carbonyl (C=O) groups excluding carboxylic acids is 1. The van der Waals surface area contributed by atoms with Crippen LogP contribution < -0.4 is 10.6 Å². The lowest BCUT2D eigenvalue weighted by molar-refractivity contribution is -0.119. The van der Waals surface area contributed by atoms with Crippen molar-refractivity contribution in [3.8, 4) is 0 Å². The van der Waals surface area contributed by atoms with Gasteiger partial charge in [-0.1, -0.05) is 26.0 Å². The van der Waals surface area contributed by atoms with E-state index < -0.39 is 0 Å². The van der Waals surface area contributed by atoms with Gasteiger partial charge in [0.2, 0.25) is 5.91 Å². The van der Waals surface area contributed by atoms with Gasteiger partial charge in [-0.3, -0.25) is 4.79 Å². The van der Waals surface area contributed by atoms with Crippen molar-refractivity contribution < 1.29 is 4.79 Å². The number of nitrogens with one attached hydrogen (secondary N) is 2. The predicted octanol–water partition coefficient (Wildman–Crippen LogP) is 3.36. The van der Waals surface area contributed by atoms with Gasteiger partial charge in [0, 0.05) is 17.0 Å². The van der Waals surface area contributed by atoms with Gasteiger partial charge in [0.05, 0.1) is 5.75 Å². The molecule has 0 radical (unpaired) electrons. The fourth-order valence-corrected chi connectivity index (χ4v) is 2.73. The fourth-order valence-electron chi connectivity index (χ4n) is 1.95. The van der Waals surface area contributed by atoms with E-state index in [-0.39, 0.29) is 5.91 Å². The van der Waals surface area contributed by atoms with Gasteiger partial charge in [-0.25, -0.2) is 0 Å². The van der Waals surface area contributed by atoms with Crippen LogP contribution in [0.1, 0.15) is 45.2 Å². The van der Waals surface area contributed by atoms with Gasteiger partial charge >= 0.3 is 0 Å². The molecule has 3 nitrogen and oxygen atoms in total. The SMILES string of the molecule is CCC(CC)NC(=O)CSc1cccc(C(C)NC)c1. The molecule has 1 aromatic rings. The lowest BCUT2D eigenvalue weighted by Gasteiger charge is -2.15. The molecule has 1 rings (SSSR count). The van der Waals surface area contributed by atoms with Crippen LogP contribution in [-0.4, -0.2) is 24.7 Å².